The molecule has 0 aliphatic rings. The lowest BCUT2D eigenvalue weighted by molar-refractivity contribution is -0.694. The minimum absolute atomic E-state index is 0. The van der Waals surface area contributed by atoms with Crippen LogP contribution in [0.15, 0.2) is 48.5 Å². The monoisotopic (exact) mass is 335 g/mol. The lowest BCUT2D eigenvalue weighted by Crippen LogP contribution is -3.00. The molecule has 23 heavy (non-hydrogen) atoms. The summed E-state index contributed by atoms with van der Waals surface area (Å²) in [6.07, 6.45) is 1.64. The van der Waals surface area contributed by atoms with Crippen LogP contribution in [0.1, 0.15) is 36.1 Å². The van der Waals surface area contributed by atoms with Gasteiger partial charge < -0.3 is 27.9 Å². The Morgan fingerprint density at radius 3 is 2.43 bits per heavy atom. The second-order valence-corrected chi connectivity index (χ2v) is 5.96. The quantitative estimate of drug-likeness (QED) is 0.587. The van der Waals surface area contributed by atoms with Crippen molar-refractivity contribution in [2.24, 2.45) is 0 Å². The van der Waals surface area contributed by atoms with E-state index >= 15 is 0 Å². The Kier molecular flexibility index (Phi) is 8.10. The first-order valence-electron chi connectivity index (χ1n) is 7.93. The summed E-state index contributed by atoms with van der Waals surface area (Å²) in [5, 5.41) is 22.2. The van der Waals surface area contributed by atoms with Crippen molar-refractivity contribution < 1.29 is 27.9 Å². The van der Waals surface area contributed by atoms with Crippen molar-refractivity contribution in [3.63, 3.8) is 0 Å². The van der Waals surface area contributed by atoms with Gasteiger partial charge in [0.25, 0.3) is 0 Å². The van der Waals surface area contributed by atoms with E-state index in [1.165, 1.54) is 5.56 Å². The highest BCUT2D eigenvalue weighted by Gasteiger charge is 2.19. The Balaban J connectivity index is 0.00000264. The third kappa shape index (κ3) is 5.87. The molecule has 2 rings (SSSR count). The zero-order chi connectivity index (χ0) is 15.9. The molecule has 0 radical (unpaired) electrons. The highest BCUT2D eigenvalue weighted by atomic mass is 35.5. The molecular weight excluding hydrogens is 310 g/mol. The van der Waals surface area contributed by atoms with Crippen LogP contribution in [0.3, 0.4) is 0 Å². The molecule has 0 saturated heterocycles. The summed E-state index contributed by atoms with van der Waals surface area (Å²) in [5.74, 6) is 0.274. The topological polar surface area (TPSA) is 57.1 Å². The van der Waals surface area contributed by atoms with Gasteiger partial charge in [-0.1, -0.05) is 36.4 Å². The number of rotatable bonds is 7. The van der Waals surface area contributed by atoms with E-state index in [1.54, 1.807) is 12.1 Å². The van der Waals surface area contributed by atoms with Crippen LogP contribution in [0, 0.1) is 6.92 Å². The third-order valence-electron chi connectivity index (χ3n) is 4.11. The number of aromatic hydroxyl groups is 1. The predicted octanol–water partition coefficient (Wildman–Crippen LogP) is -0.677. The van der Waals surface area contributed by atoms with Crippen molar-refractivity contribution in [3.8, 4) is 5.75 Å². The van der Waals surface area contributed by atoms with Crippen LogP contribution in [0.5, 0.6) is 5.75 Å². The van der Waals surface area contributed by atoms with Crippen molar-refractivity contribution in [3.05, 3.63) is 65.2 Å². The van der Waals surface area contributed by atoms with Gasteiger partial charge in [-0.2, -0.15) is 0 Å². The molecule has 4 N–H and O–H groups in total. The van der Waals surface area contributed by atoms with Crippen LogP contribution >= 0.6 is 0 Å². The number of aryl methyl sites for hydroxylation is 2. The van der Waals surface area contributed by atoms with Crippen LogP contribution in [-0.2, 0) is 6.42 Å². The van der Waals surface area contributed by atoms with E-state index in [-0.39, 0.29) is 24.2 Å². The van der Waals surface area contributed by atoms with Gasteiger partial charge in [0.05, 0.1) is 6.54 Å². The number of quaternary nitrogens is 1. The van der Waals surface area contributed by atoms with E-state index in [2.05, 4.69) is 29.6 Å². The first-order chi connectivity index (χ1) is 10.6. The maximum absolute atomic E-state index is 10.4. The number of aliphatic hydroxyl groups is 1. The lowest BCUT2D eigenvalue weighted by atomic mass is 10.0. The average molecular weight is 336 g/mol. The van der Waals surface area contributed by atoms with Gasteiger partial charge in [0.15, 0.2) is 0 Å². The highest BCUT2D eigenvalue weighted by Crippen LogP contribution is 2.22. The predicted molar refractivity (Wildman–Crippen MR) is 88.8 cm³/mol. The van der Waals surface area contributed by atoms with Crippen LogP contribution in [-0.4, -0.2) is 22.8 Å². The van der Waals surface area contributed by atoms with E-state index in [0.717, 1.165) is 30.5 Å². The van der Waals surface area contributed by atoms with Gasteiger partial charge in [0, 0.05) is 6.42 Å². The number of hydrogen-bond donors (Lipinski definition) is 3. The molecule has 126 valence electrons. The normalized spacial score (nSPS) is 13.2. The van der Waals surface area contributed by atoms with Gasteiger partial charge in [-0.15, -0.1) is 0 Å². The smallest absolute Gasteiger partial charge is 0.130 e. The summed E-state index contributed by atoms with van der Waals surface area (Å²) in [6, 6.07) is 15.9. The Morgan fingerprint density at radius 1 is 1.09 bits per heavy atom. The zero-order valence-electron chi connectivity index (χ0n) is 13.7. The number of benzene rings is 2. The second-order valence-electron chi connectivity index (χ2n) is 5.96. The molecule has 2 aromatic rings. The molecule has 3 nitrogen and oxygen atoms in total. The van der Waals surface area contributed by atoms with Gasteiger partial charge in [-0.25, -0.2) is 0 Å². The molecule has 0 bridgehead atoms. The van der Waals surface area contributed by atoms with Gasteiger partial charge in [-0.3, -0.25) is 0 Å². The van der Waals surface area contributed by atoms with Crippen LogP contribution in [0.2, 0.25) is 0 Å². The second kappa shape index (κ2) is 9.56. The van der Waals surface area contributed by atoms with Crippen molar-refractivity contribution >= 4 is 0 Å². The Morgan fingerprint density at radius 2 is 1.78 bits per heavy atom. The molecule has 0 saturated carbocycles. The first-order valence-corrected chi connectivity index (χ1v) is 7.93. The van der Waals surface area contributed by atoms with E-state index in [9.17, 15) is 10.2 Å². The van der Waals surface area contributed by atoms with Crippen molar-refractivity contribution in [1.82, 2.24) is 0 Å². The summed E-state index contributed by atoms with van der Waals surface area (Å²) in [5.41, 5.74) is 3.02. The minimum atomic E-state index is -0.518. The number of halogens is 1. The molecule has 0 aromatic heterocycles. The van der Waals surface area contributed by atoms with E-state index in [4.69, 9.17) is 0 Å². The molecule has 2 unspecified atom stereocenters. The zero-order valence-corrected chi connectivity index (χ0v) is 14.5. The fraction of sp³-hybridized carbons (Fsp3) is 0.368. The summed E-state index contributed by atoms with van der Waals surface area (Å²) in [6.45, 7) is 4.87. The summed E-state index contributed by atoms with van der Waals surface area (Å²) >= 11 is 0. The number of nitrogens with two attached hydrogens (primary N) is 1. The van der Waals surface area contributed by atoms with Crippen LogP contribution in [0.25, 0.3) is 0 Å². The summed E-state index contributed by atoms with van der Waals surface area (Å²) in [7, 11) is 0. The highest BCUT2D eigenvalue weighted by molar-refractivity contribution is 5.36. The molecule has 0 heterocycles. The Hall–Kier alpha value is -1.55. The van der Waals surface area contributed by atoms with Gasteiger partial charge in [-0.05, 0) is 49.1 Å². The lowest BCUT2D eigenvalue weighted by Gasteiger charge is -2.18. The molecule has 0 spiro atoms. The number of aliphatic hydroxyl groups excluding tert-OH is 1. The Bertz CT molecular complexity index is 589. The number of hydrogen-bond acceptors (Lipinski definition) is 2. The molecule has 0 aliphatic heterocycles. The van der Waals surface area contributed by atoms with Crippen molar-refractivity contribution in [2.75, 3.05) is 6.54 Å². The van der Waals surface area contributed by atoms with Gasteiger partial charge in [0.2, 0.25) is 0 Å². The molecule has 0 amide bonds. The first kappa shape index (κ1) is 19.5. The van der Waals surface area contributed by atoms with Crippen LogP contribution < -0.4 is 17.7 Å². The van der Waals surface area contributed by atoms with Crippen molar-refractivity contribution in [2.45, 2.75) is 38.8 Å². The summed E-state index contributed by atoms with van der Waals surface area (Å²) < 4.78 is 0. The summed E-state index contributed by atoms with van der Waals surface area (Å²) in [4.78, 5) is 0. The molecule has 2 aromatic carbocycles. The molecule has 2 atom stereocenters. The van der Waals surface area contributed by atoms with E-state index in [1.807, 2.05) is 26.0 Å². The fourth-order valence-electron chi connectivity index (χ4n) is 2.63. The van der Waals surface area contributed by atoms with Gasteiger partial charge >= 0.3 is 0 Å². The average Bonchev–Trinajstić information content (AvgIpc) is 2.54. The van der Waals surface area contributed by atoms with E-state index < -0.39 is 6.10 Å². The maximum Gasteiger partial charge on any atom is 0.130 e. The van der Waals surface area contributed by atoms with Crippen molar-refractivity contribution in [1.29, 1.82) is 0 Å². The number of phenols is 1. The Labute approximate surface area is 144 Å². The number of phenolic OH excluding ortho intramolecular Hbond substituents is 1. The standard InChI is InChI=1S/C19H25NO2.ClH/c1-14-13-17(10-11-18(14)21)19(22)15(2)20-12-6-9-16-7-4-3-5-8-16;/h3-5,7-8,10-11,13,15,19-22H,6,9,12H2,1-2H3;1H. The molecule has 0 fully saturated rings. The molecular formula is C19H26ClNO2. The largest absolute Gasteiger partial charge is 1.00 e. The van der Waals surface area contributed by atoms with E-state index in [0.29, 0.717) is 0 Å². The van der Waals surface area contributed by atoms with Gasteiger partial charge in [0.1, 0.15) is 17.9 Å². The molecule has 0 aliphatic carbocycles. The minimum Gasteiger partial charge on any atom is -1.00 e. The SMILES string of the molecule is Cc1cc(C(O)C(C)[NH2+]CCCc2ccccc2)ccc1O.[Cl-]. The fourth-order valence-corrected chi connectivity index (χ4v) is 2.63. The molecule has 4 heteroatoms. The van der Waals surface area contributed by atoms with Crippen LogP contribution in [0.4, 0.5) is 0 Å². The maximum atomic E-state index is 10.4. The third-order valence-corrected chi connectivity index (χ3v) is 4.11.